The number of esters is 2. The third-order valence-corrected chi connectivity index (χ3v) is 4.33. The molecule has 164 valence electrons. The maximum atomic E-state index is 13.6. The minimum Gasteiger partial charge on any atom is -0.496 e. The van der Waals surface area contributed by atoms with Crippen LogP contribution < -0.4 is 33.8 Å². The highest BCUT2D eigenvalue weighted by molar-refractivity contribution is 6.03. The highest BCUT2D eigenvalue weighted by Crippen LogP contribution is 2.51. The molecule has 0 fully saturated rings. The van der Waals surface area contributed by atoms with E-state index in [4.69, 9.17) is 32.8 Å². The first kappa shape index (κ1) is 21.8. The van der Waals surface area contributed by atoms with Gasteiger partial charge in [-0.3, -0.25) is 14.4 Å². The first-order valence-corrected chi connectivity index (χ1v) is 8.94. The van der Waals surface area contributed by atoms with Crippen molar-refractivity contribution < 1.29 is 42.4 Å². The third-order valence-electron chi connectivity index (χ3n) is 4.33. The van der Waals surface area contributed by atoms with Crippen LogP contribution >= 0.6 is 0 Å². The lowest BCUT2D eigenvalue weighted by Gasteiger charge is -2.18. The first-order valence-electron chi connectivity index (χ1n) is 8.94. The summed E-state index contributed by atoms with van der Waals surface area (Å²) in [6.07, 6.45) is 0. The summed E-state index contributed by atoms with van der Waals surface area (Å²) in [5.74, 6) is -1.33. The predicted octanol–water partition coefficient (Wildman–Crippen LogP) is 2.83. The van der Waals surface area contributed by atoms with Crippen LogP contribution in [0.25, 0.3) is 21.9 Å². The Hall–Kier alpha value is -3.95. The quantitative estimate of drug-likeness (QED) is 0.327. The maximum absolute atomic E-state index is 13.6. The Kier molecular flexibility index (Phi) is 5.91. The molecule has 2 aromatic carbocycles. The molecule has 10 nitrogen and oxygen atoms in total. The van der Waals surface area contributed by atoms with Gasteiger partial charge in [0.2, 0.25) is 22.7 Å². The summed E-state index contributed by atoms with van der Waals surface area (Å²) in [4.78, 5) is 37.0. The average Bonchev–Trinajstić information content (AvgIpc) is 2.71. The smallest absolute Gasteiger partial charge is 0.308 e. The Morgan fingerprint density at radius 3 is 1.84 bits per heavy atom. The van der Waals surface area contributed by atoms with Crippen molar-refractivity contribution in [3.8, 4) is 34.5 Å². The summed E-state index contributed by atoms with van der Waals surface area (Å²) in [6, 6.07) is 2.82. The van der Waals surface area contributed by atoms with Crippen molar-refractivity contribution in [1.29, 1.82) is 0 Å². The molecule has 0 radical (unpaired) electrons. The number of hydrogen-bond acceptors (Lipinski definition) is 10. The van der Waals surface area contributed by atoms with Crippen LogP contribution in [0, 0.1) is 0 Å². The van der Waals surface area contributed by atoms with Gasteiger partial charge in [0.25, 0.3) is 0 Å². The molecule has 0 N–H and O–H groups in total. The van der Waals surface area contributed by atoms with E-state index in [0.29, 0.717) is 0 Å². The Balaban J connectivity index is 2.63. The van der Waals surface area contributed by atoms with Crippen LogP contribution in [0.5, 0.6) is 34.5 Å². The van der Waals surface area contributed by atoms with Gasteiger partial charge >= 0.3 is 11.9 Å². The second-order valence-corrected chi connectivity index (χ2v) is 6.25. The second-order valence-electron chi connectivity index (χ2n) is 6.25. The predicted molar refractivity (Wildman–Crippen MR) is 109 cm³/mol. The first-order chi connectivity index (χ1) is 14.8. The normalized spacial score (nSPS) is 10.6. The van der Waals surface area contributed by atoms with Crippen molar-refractivity contribution in [3.63, 3.8) is 0 Å². The molecule has 0 aliphatic heterocycles. The molecule has 0 aliphatic rings. The molecular weight excluding hydrogens is 412 g/mol. The summed E-state index contributed by atoms with van der Waals surface area (Å²) in [7, 11) is 5.42. The number of benzene rings is 2. The van der Waals surface area contributed by atoms with Gasteiger partial charge in [-0.2, -0.15) is 0 Å². The van der Waals surface area contributed by atoms with E-state index >= 15 is 0 Å². The molecule has 0 spiro atoms. The molecule has 31 heavy (non-hydrogen) atoms. The maximum Gasteiger partial charge on any atom is 0.308 e. The molecule has 3 rings (SSSR count). The lowest BCUT2D eigenvalue weighted by Crippen LogP contribution is -2.13. The minimum absolute atomic E-state index is 0.0427. The number of carbonyl (C=O) groups is 2. The number of carbonyl (C=O) groups excluding carboxylic acids is 2. The molecule has 0 unspecified atom stereocenters. The summed E-state index contributed by atoms with van der Waals surface area (Å²) < 4.78 is 37.8. The molecule has 1 aromatic heterocycles. The Morgan fingerprint density at radius 2 is 1.32 bits per heavy atom. The molecule has 0 saturated carbocycles. The van der Waals surface area contributed by atoms with Gasteiger partial charge in [0, 0.05) is 26.0 Å². The van der Waals surface area contributed by atoms with E-state index in [1.807, 2.05) is 0 Å². The van der Waals surface area contributed by atoms with Crippen molar-refractivity contribution in [2.45, 2.75) is 13.8 Å². The van der Waals surface area contributed by atoms with Crippen molar-refractivity contribution in [3.05, 3.63) is 22.4 Å². The molecule has 0 bridgehead atoms. The zero-order valence-electron chi connectivity index (χ0n) is 17.7. The van der Waals surface area contributed by atoms with Crippen molar-refractivity contribution in [1.82, 2.24) is 0 Å². The average molecular weight is 432 g/mol. The highest BCUT2D eigenvalue weighted by atomic mass is 16.6. The van der Waals surface area contributed by atoms with E-state index in [0.717, 1.165) is 0 Å². The highest BCUT2D eigenvalue weighted by Gasteiger charge is 2.30. The molecule has 1 heterocycles. The van der Waals surface area contributed by atoms with Gasteiger partial charge in [-0.05, 0) is 0 Å². The third kappa shape index (κ3) is 3.67. The van der Waals surface area contributed by atoms with Crippen molar-refractivity contribution in [2.24, 2.45) is 0 Å². The fraction of sp³-hybridized carbons (Fsp3) is 0.286. The fourth-order valence-corrected chi connectivity index (χ4v) is 3.20. The molecule has 0 amide bonds. The van der Waals surface area contributed by atoms with E-state index in [9.17, 15) is 14.4 Å². The van der Waals surface area contributed by atoms with Crippen LogP contribution in [-0.2, 0) is 9.59 Å². The fourth-order valence-electron chi connectivity index (χ4n) is 3.20. The summed E-state index contributed by atoms with van der Waals surface area (Å²) in [5.41, 5.74) is -0.658. The number of methoxy groups -OCH3 is 4. The van der Waals surface area contributed by atoms with Crippen LogP contribution in [0.3, 0.4) is 0 Å². The van der Waals surface area contributed by atoms with Gasteiger partial charge < -0.3 is 32.8 Å². The lowest BCUT2D eigenvalue weighted by atomic mass is 10.1. The van der Waals surface area contributed by atoms with Crippen molar-refractivity contribution in [2.75, 3.05) is 28.4 Å². The van der Waals surface area contributed by atoms with Gasteiger partial charge in [-0.25, -0.2) is 0 Å². The van der Waals surface area contributed by atoms with Gasteiger partial charge in [0.05, 0.1) is 28.4 Å². The number of rotatable bonds is 6. The zero-order chi connectivity index (χ0) is 22.9. The molecule has 0 saturated heterocycles. The van der Waals surface area contributed by atoms with Crippen LogP contribution in [0.4, 0.5) is 0 Å². The van der Waals surface area contributed by atoms with Crippen LogP contribution in [0.2, 0.25) is 0 Å². The Bertz CT molecular complexity index is 1260. The molecule has 0 atom stereocenters. The number of hydrogen-bond donors (Lipinski definition) is 0. The van der Waals surface area contributed by atoms with Gasteiger partial charge in [-0.1, -0.05) is 0 Å². The molecule has 10 heteroatoms. The SMILES string of the molecule is COc1cc(OC(C)=O)c2c(=O)c3c(OC(C)=O)c(OC)c(OC)c(OC)c3oc2c1. The number of ether oxygens (including phenoxy) is 6. The Morgan fingerprint density at radius 1 is 0.742 bits per heavy atom. The van der Waals surface area contributed by atoms with Crippen molar-refractivity contribution >= 4 is 33.9 Å². The lowest BCUT2D eigenvalue weighted by molar-refractivity contribution is -0.132. The van der Waals surface area contributed by atoms with E-state index in [2.05, 4.69) is 0 Å². The van der Waals surface area contributed by atoms with E-state index < -0.39 is 17.4 Å². The monoisotopic (exact) mass is 432 g/mol. The minimum atomic E-state index is -0.707. The van der Waals surface area contributed by atoms with Crippen LogP contribution in [-0.4, -0.2) is 40.4 Å². The standard InChI is InChI=1S/C21H20O10/c1-9(22)29-12-7-11(25-3)8-13-14(12)16(24)15-17(30-10(2)23)19(26-4)21(28-6)20(27-5)18(15)31-13/h7-8H,1-6H3. The number of fused-ring (bicyclic) bond motifs is 2. The van der Waals surface area contributed by atoms with E-state index in [-0.39, 0.29) is 56.4 Å². The van der Waals surface area contributed by atoms with Gasteiger partial charge in [-0.15, -0.1) is 0 Å². The zero-order valence-corrected chi connectivity index (χ0v) is 17.7. The Labute approximate surface area is 176 Å². The van der Waals surface area contributed by atoms with Crippen LogP contribution in [0.1, 0.15) is 13.8 Å². The summed E-state index contributed by atoms with van der Waals surface area (Å²) >= 11 is 0. The topological polar surface area (TPSA) is 120 Å². The van der Waals surface area contributed by atoms with Gasteiger partial charge in [0.15, 0.2) is 11.3 Å². The molecular formula is C21H20O10. The molecule has 0 aliphatic carbocycles. The van der Waals surface area contributed by atoms with E-state index in [1.54, 1.807) is 0 Å². The van der Waals surface area contributed by atoms with Gasteiger partial charge in [0.1, 0.15) is 27.9 Å². The largest absolute Gasteiger partial charge is 0.496 e. The summed E-state index contributed by atoms with van der Waals surface area (Å²) in [6.45, 7) is 2.36. The summed E-state index contributed by atoms with van der Waals surface area (Å²) in [5, 5.41) is -0.220. The van der Waals surface area contributed by atoms with E-state index in [1.165, 1.54) is 54.4 Å². The second kappa shape index (κ2) is 8.42. The molecule has 3 aromatic rings. The van der Waals surface area contributed by atoms with Crippen LogP contribution in [0.15, 0.2) is 21.3 Å².